The number of rotatable bonds is 5. The first kappa shape index (κ1) is 17.2. The number of aromatic carboxylic acids is 1. The molecule has 5 heteroatoms. The number of carboxylic acid groups (broad SMARTS) is 1. The van der Waals surface area contributed by atoms with Crippen LogP contribution in [-0.4, -0.2) is 22.2 Å². The summed E-state index contributed by atoms with van der Waals surface area (Å²) in [4.78, 5) is 23.9. The Labute approximate surface area is 150 Å². The van der Waals surface area contributed by atoms with Crippen LogP contribution in [0.3, 0.4) is 0 Å². The minimum atomic E-state index is -1.08. The van der Waals surface area contributed by atoms with Gasteiger partial charge in [0, 0.05) is 12.0 Å². The van der Waals surface area contributed by atoms with Crippen LogP contribution in [0.1, 0.15) is 31.8 Å². The monoisotopic (exact) mass is 348 g/mol. The van der Waals surface area contributed by atoms with Gasteiger partial charge in [-0.2, -0.15) is 0 Å². The molecule has 0 aromatic heterocycles. The van der Waals surface area contributed by atoms with Gasteiger partial charge in [-0.05, 0) is 42.0 Å². The van der Waals surface area contributed by atoms with E-state index in [4.69, 9.17) is 4.74 Å². The van der Waals surface area contributed by atoms with Gasteiger partial charge in [-0.15, -0.1) is 0 Å². The molecule has 0 bridgehead atoms. The van der Waals surface area contributed by atoms with Gasteiger partial charge in [0.05, 0.1) is 11.1 Å². The summed E-state index contributed by atoms with van der Waals surface area (Å²) in [6.07, 6.45) is 0.321. The maximum atomic E-state index is 12.4. The first-order chi connectivity index (χ1) is 12.5. The quantitative estimate of drug-likeness (QED) is 0.540. The van der Waals surface area contributed by atoms with Crippen molar-refractivity contribution in [3.8, 4) is 11.5 Å². The van der Waals surface area contributed by atoms with Gasteiger partial charge in [-0.3, -0.25) is 0 Å². The molecule has 0 unspecified atom stereocenters. The van der Waals surface area contributed by atoms with Crippen LogP contribution >= 0.6 is 0 Å². The molecule has 2 N–H and O–H groups in total. The summed E-state index contributed by atoms with van der Waals surface area (Å²) >= 11 is 0. The van der Waals surface area contributed by atoms with Crippen LogP contribution in [0.2, 0.25) is 0 Å². The molecule has 0 aliphatic carbocycles. The molecule has 26 heavy (non-hydrogen) atoms. The molecule has 0 aliphatic heterocycles. The summed E-state index contributed by atoms with van der Waals surface area (Å²) in [5.74, 6) is -1.47. The number of phenolic OH excluding ortho intramolecular Hbond substituents is 1. The molecule has 3 rings (SSSR count). The first-order valence-corrected chi connectivity index (χ1v) is 7.95. The summed E-state index contributed by atoms with van der Waals surface area (Å²) < 4.78 is 5.45. The molecule has 0 heterocycles. The molecule has 0 amide bonds. The Kier molecular flexibility index (Phi) is 4.99. The van der Waals surface area contributed by atoms with E-state index in [9.17, 15) is 19.8 Å². The average Bonchev–Trinajstić information content (AvgIpc) is 2.64. The molecule has 0 atom stereocenters. The van der Waals surface area contributed by atoms with E-state index in [0.717, 1.165) is 5.56 Å². The van der Waals surface area contributed by atoms with E-state index in [1.807, 2.05) is 30.3 Å². The van der Waals surface area contributed by atoms with Crippen molar-refractivity contribution in [2.45, 2.75) is 6.42 Å². The Balaban J connectivity index is 1.95. The Morgan fingerprint density at radius 3 is 2.19 bits per heavy atom. The Morgan fingerprint density at radius 2 is 1.54 bits per heavy atom. The lowest BCUT2D eigenvalue weighted by molar-refractivity contribution is 0.0685. The molecule has 0 saturated carbocycles. The zero-order valence-corrected chi connectivity index (χ0v) is 13.8. The minimum Gasteiger partial charge on any atom is -0.508 e. The Morgan fingerprint density at radius 1 is 0.846 bits per heavy atom. The van der Waals surface area contributed by atoms with Gasteiger partial charge >= 0.3 is 11.9 Å². The summed E-state index contributed by atoms with van der Waals surface area (Å²) in [6.45, 7) is 0. The summed E-state index contributed by atoms with van der Waals surface area (Å²) in [5.41, 5.74) is 1.68. The van der Waals surface area contributed by atoms with Crippen molar-refractivity contribution >= 4 is 11.9 Å². The standard InChI is InChI=1S/C21H16O5/c22-16-11-9-15(10-12-16)21(25)26-19-8-4-7-17(20(23)24)18(19)13-14-5-2-1-3-6-14/h1-12,22H,13H2,(H,23,24). The minimum absolute atomic E-state index is 0.0409. The van der Waals surface area contributed by atoms with Crippen molar-refractivity contribution in [1.29, 1.82) is 0 Å². The van der Waals surface area contributed by atoms with Crippen molar-refractivity contribution in [2.75, 3.05) is 0 Å². The predicted octanol–water partition coefficient (Wildman–Crippen LogP) is 3.90. The van der Waals surface area contributed by atoms with Gasteiger partial charge in [-0.1, -0.05) is 36.4 Å². The number of carbonyl (C=O) groups excluding carboxylic acids is 1. The molecule has 3 aromatic carbocycles. The Bertz CT molecular complexity index is 930. The van der Waals surface area contributed by atoms with Crippen LogP contribution < -0.4 is 4.74 Å². The van der Waals surface area contributed by atoms with Crippen LogP contribution in [0.5, 0.6) is 11.5 Å². The molecular formula is C21H16O5. The molecule has 0 fully saturated rings. The van der Waals surface area contributed by atoms with Crippen molar-refractivity contribution in [1.82, 2.24) is 0 Å². The SMILES string of the molecule is O=C(Oc1cccc(C(=O)O)c1Cc1ccccc1)c1ccc(O)cc1. The van der Waals surface area contributed by atoms with Gasteiger partial charge in [0.15, 0.2) is 0 Å². The van der Waals surface area contributed by atoms with E-state index in [1.165, 1.54) is 36.4 Å². The second-order valence-corrected chi connectivity index (χ2v) is 5.69. The molecule has 3 aromatic rings. The second-order valence-electron chi connectivity index (χ2n) is 5.69. The normalized spacial score (nSPS) is 10.3. The van der Waals surface area contributed by atoms with Crippen LogP contribution in [-0.2, 0) is 6.42 Å². The van der Waals surface area contributed by atoms with Crippen molar-refractivity contribution in [3.05, 3.63) is 95.1 Å². The maximum Gasteiger partial charge on any atom is 0.343 e. The zero-order valence-electron chi connectivity index (χ0n) is 13.8. The molecule has 130 valence electrons. The number of hydrogen-bond acceptors (Lipinski definition) is 4. The van der Waals surface area contributed by atoms with Gasteiger partial charge in [0.2, 0.25) is 0 Å². The van der Waals surface area contributed by atoms with E-state index in [1.54, 1.807) is 6.07 Å². The number of phenols is 1. The number of esters is 1. The van der Waals surface area contributed by atoms with Crippen LogP contribution in [0.4, 0.5) is 0 Å². The van der Waals surface area contributed by atoms with E-state index in [2.05, 4.69) is 0 Å². The van der Waals surface area contributed by atoms with Crippen molar-refractivity contribution in [3.63, 3.8) is 0 Å². The molecule has 0 radical (unpaired) electrons. The van der Waals surface area contributed by atoms with E-state index in [0.29, 0.717) is 12.0 Å². The van der Waals surface area contributed by atoms with E-state index < -0.39 is 11.9 Å². The lowest BCUT2D eigenvalue weighted by Crippen LogP contribution is -2.12. The van der Waals surface area contributed by atoms with Crippen molar-refractivity contribution in [2.24, 2.45) is 0 Å². The fourth-order valence-electron chi connectivity index (χ4n) is 2.60. The first-order valence-electron chi connectivity index (χ1n) is 7.95. The fraction of sp³-hybridized carbons (Fsp3) is 0.0476. The van der Waals surface area contributed by atoms with E-state index in [-0.39, 0.29) is 22.6 Å². The predicted molar refractivity (Wildman–Crippen MR) is 95.7 cm³/mol. The highest BCUT2D eigenvalue weighted by Crippen LogP contribution is 2.27. The third-order valence-corrected chi connectivity index (χ3v) is 3.89. The average molecular weight is 348 g/mol. The lowest BCUT2D eigenvalue weighted by Gasteiger charge is -2.13. The van der Waals surface area contributed by atoms with Crippen LogP contribution in [0.15, 0.2) is 72.8 Å². The highest BCUT2D eigenvalue weighted by molar-refractivity contribution is 5.93. The molecular weight excluding hydrogens is 332 g/mol. The summed E-state index contributed by atoms with van der Waals surface area (Å²) in [5, 5.41) is 18.8. The summed E-state index contributed by atoms with van der Waals surface area (Å²) in [6, 6.07) is 19.6. The largest absolute Gasteiger partial charge is 0.508 e. The smallest absolute Gasteiger partial charge is 0.343 e. The topological polar surface area (TPSA) is 83.8 Å². The van der Waals surface area contributed by atoms with Crippen LogP contribution in [0, 0.1) is 0 Å². The highest BCUT2D eigenvalue weighted by Gasteiger charge is 2.18. The zero-order chi connectivity index (χ0) is 18.5. The van der Waals surface area contributed by atoms with Gasteiger partial charge in [0.25, 0.3) is 0 Å². The fourth-order valence-corrected chi connectivity index (χ4v) is 2.60. The number of carbonyl (C=O) groups is 2. The highest BCUT2D eigenvalue weighted by atomic mass is 16.5. The number of ether oxygens (including phenoxy) is 1. The van der Waals surface area contributed by atoms with Gasteiger partial charge in [-0.25, -0.2) is 9.59 Å². The number of hydrogen-bond donors (Lipinski definition) is 2. The van der Waals surface area contributed by atoms with E-state index >= 15 is 0 Å². The molecule has 0 saturated heterocycles. The third-order valence-electron chi connectivity index (χ3n) is 3.89. The number of carboxylic acids is 1. The van der Waals surface area contributed by atoms with Gasteiger partial charge in [0.1, 0.15) is 11.5 Å². The third kappa shape index (κ3) is 3.89. The molecule has 0 spiro atoms. The summed E-state index contributed by atoms with van der Waals surface area (Å²) in [7, 11) is 0. The van der Waals surface area contributed by atoms with Crippen molar-refractivity contribution < 1.29 is 24.5 Å². The maximum absolute atomic E-state index is 12.4. The molecule has 5 nitrogen and oxygen atoms in total. The number of benzene rings is 3. The Hall–Kier alpha value is -3.60. The van der Waals surface area contributed by atoms with Crippen LogP contribution in [0.25, 0.3) is 0 Å². The number of aromatic hydroxyl groups is 1. The second kappa shape index (κ2) is 7.53. The molecule has 0 aliphatic rings. The lowest BCUT2D eigenvalue weighted by atomic mass is 9.98. The van der Waals surface area contributed by atoms with Gasteiger partial charge < -0.3 is 14.9 Å².